The third kappa shape index (κ3) is 4.08. The fraction of sp³-hybridized carbons (Fsp3) is 0.471. The summed E-state index contributed by atoms with van der Waals surface area (Å²) in [5, 5.41) is 5.74. The van der Waals surface area contributed by atoms with Crippen LogP contribution in [0.2, 0.25) is 0 Å². The van der Waals surface area contributed by atoms with Gasteiger partial charge in [-0.25, -0.2) is 4.98 Å². The number of fused-ring (bicyclic) bond motifs is 1. The lowest BCUT2D eigenvalue weighted by Gasteiger charge is -2.20. The smallest absolute Gasteiger partial charge is 0.133 e. The van der Waals surface area contributed by atoms with Gasteiger partial charge < -0.3 is 15.0 Å². The molecule has 0 amide bonds. The molecule has 0 aliphatic carbocycles. The summed E-state index contributed by atoms with van der Waals surface area (Å²) in [6, 6.07) is 8.09. The van der Waals surface area contributed by atoms with Gasteiger partial charge in [-0.1, -0.05) is 13.8 Å². The first kappa shape index (κ1) is 15.6. The predicted octanol–water partition coefficient (Wildman–Crippen LogP) is 3.39. The van der Waals surface area contributed by atoms with E-state index in [4.69, 9.17) is 4.74 Å². The average molecular weight is 287 g/mol. The monoisotopic (exact) mass is 287 g/mol. The van der Waals surface area contributed by atoms with Crippen LogP contribution in [0.15, 0.2) is 30.5 Å². The molecule has 2 rings (SSSR count). The van der Waals surface area contributed by atoms with E-state index in [0.717, 1.165) is 48.5 Å². The van der Waals surface area contributed by atoms with E-state index in [0.29, 0.717) is 0 Å². The minimum absolute atomic E-state index is 0.875. The van der Waals surface area contributed by atoms with Gasteiger partial charge in [0.1, 0.15) is 11.6 Å². The van der Waals surface area contributed by atoms with Crippen LogP contribution < -0.4 is 10.1 Å². The van der Waals surface area contributed by atoms with Gasteiger partial charge in [-0.05, 0) is 49.2 Å². The van der Waals surface area contributed by atoms with E-state index in [1.807, 2.05) is 24.4 Å². The highest BCUT2D eigenvalue weighted by Crippen LogP contribution is 2.25. The van der Waals surface area contributed by atoms with E-state index in [-0.39, 0.29) is 0 Å². The Labute approximate surface area is 127 Å². The van der Waals surface area contributed by atoms with Crippen molar-refractivity contribution in [3.63, 3.8) is 0 Å². The number of hydrogen-bond donors (Lipinski definition) is 1. The van der Waals surface area contributed by atoms with Gasteiger partial charge >= 0.3 is 0 Å². The number of likely N-dealkylation sites (N-methyl/N-ethyl adjacent to an activating group) is 1. The summed E-state index contributed by atoms with van der Waals surface area (Å²) in [6.45, 7) is 8.62. The average Bonchev–Trinajstić information content (AvgIpc) is 2.53. The number of nitrogens with one attached hydrogen (secondary N) is 1. The Hall–Kier alpha value is -1.81. The van der Waals surface area contributed by atoms with Gasteiger partial charge in [0.15, 0.2) is 0 Å². The second-order valence-electron chi connectivity index (χ2n) is 5.11. The van der Waals surface area contributed by atoms with Crippen molar-refractivity contribution in [2.75, 3.05) is 38.6 Å². The lowest BCUT2D eigenvalue weighted by molar-refractivity contribution is 0.300. The molecule has 1 aromatic heterocycles. The standard InChI is InChI=1S/C17H25N3O/c1-4-11-20(5-2)12-10-19-17-16-7-6-15(21-3)13-14(16)8-9-18-17/h6-9,13H,4-5,10-12H2,1-3H3,(H,18,19). The van der Waals surface area contributed by atoms with E-state index in [1.165, 1.54) is 6.42 Å². The number of benzene rings is 1. The Morgan fingerprint density at radius 1 is 1.19 bits per heavy atom. The molecule has 0 aliphatic heterocycles. The third-order valence-corrected chi connectivity index (χ3v) is 3.68. The van der Waals surface area contributed by atoms with Crippen LogP contribution in [0.5, 0.6) is 5.75 Å². The maximum atomic E-state index is 5.27. The fourth-order valence-electron chi connectivity index (χ4n) is 2.50. The van der Waals surface area contributed by atoms with Crippen LogP contribution >= 0.6 is 0 Å². The molecule has 4 heteroatoms. The van der Waals surface area contributed by atoms with Crippen molar-refractivity contribution in [1.29, 1.82) is 0 Å². The van der Waals surface area contributed by atoms with Crippen LogP contribution in [0.4, 0.5) is 5.82 Å². The van der Waals surface area contributed by atoms with Crippen molar-refractivity contribution < 1.29 is 4.74 Å². The molecule has 0 spiro atoms. The lowest BCUT2D eigenvalue weighted by Crippen LogP contribution is -2.29. The van der Waals surface area contributed by atoms with Gasteiger partial charge in [-0.3, -0.25) is 0 Å². The fourth-order valence-corrected chi connectivity index (χ4v) is 2.50. The van der Waals surface area contributed by atoms with Crippen molar-refractivity contribution >= 4 is 16.6 Å². The zero-order valence-corrected chi connectivity index (χ0v) is 13.2. The molecular weight excluding hydrogens is 262 g/mol. The molecule has 0 fully saturated rings. The summed E-state index contributed by atoms with van der Waals surface area (Å²) in [6.07, 6.45) is 3.04. The van der Waals surface area contributed by atoms with Gasteiger partial charge in [0.25, 0.3) is 0 Å². The molecule has 0 atom stereocenters. The van der Waals surface area contributed by atoms with Gasteiger partial charge in [-0.15, -0.1) is 0 Å². The van der Waals surface area contributed by atoms with Crippen LogP contribution in [-0.4, -0.2) is 43.2 Å². The van der Waals surface area contributed by atoms with Gasteiger partial charge in [0.2, 0.25) is 0 Å². The number of anilines is 1. The quantitative estimate of drug-likeness (QED) is 0.807. The number of aromatic nitrogens is 1. The Morgan fingerprint density at radius 2 is 2.05 bits per heavy atom. The number of nitrogens with zero attached hydrogens (tertiary/aromatic N) is 2. The number of pyridine rings is 1. The maximum Gasteiger partial charge on any atom is 0.133 e. The van der Waals surface area contributed by atoms with E-state index in [2.05, 4.69) is 35.1 Å². The van der Waals surface area contributed by atoms with Gasteiger partial charge in [0, 0.05) is 24.7 Å². The van der Waals surface area contributed by atoms with E-state index < -0.39 is 0 Å². The van der Waals surface area contributed by atoms with Crippen LogP contribution in [0.25, 0.3) is 10.8 Å². The number of ether oxygens (including phenoxy) is 1. The molecule has 0 aliphatic rings. The van der Waals surface area contributed by atoms with E-state index in [9.17, 15) is 0 Å². The largest absolute Gasteiger partial charge is 0.497 e. The number of rotatable bonds is 8. The summed E-state index contributed by atoms with van der Waals surface area (Å²) in [5.74, 6) is 1.82. The zero-order chi connectivity index (χ0) is 15.1. The van der Waals surface area contributed by atoms with Crippen molar-refractivity contribution in [2.45, 2.75) is 20.3 Å². The van der Waals surface area contributed by atoms with Crippen LogP contribution in [0.3, 0.4) is 0 Å². The van der Waals surface area contributed by atoms with Crippen molar-refractivity contribution in [1.82, 2.24) is 9.88 Å². The highest BCUT2D eigenvalue weighted by atomic mass is 16.5. The van der Waals surface area contributed by atoms with Crippen molar-refractivity contribution in [2.24, 2.45) is 0 Å². The second-order valence-corrected chi connectivity index (χ2v) is 5.11. The molecule has 0 saturated carbocycles. The first-order valence-electron chi connectivity index (χ1n) is 7.67. The summed E-state index contributed by atoms with van der Waals surface area (Å²) >= 11 is 0. The predicted molar refractivity (Wildman–Crippen MR) is 89.2 cm³/mol. The Kier molecular flexibility index (Phi) is 5.81. The molecule has 1 aromatic carbocycles. The van der Waals surface area contributed by atoms with Crippen molar-refractivity contribution in [3.8, 4) is 5.75 Å². The normalized spacial score (nSPS) is 11.0. The minimum atomic E-state index is 0.875. The van der Waals surface area contributed by atoms with E-state index >= 15 is 0 Å². The molecule has 4 nitrogen and oxygen atoms in total. The maximum absolute atomic E-state index is 5.27. The molecule has 114 valence electrons. The molecule has 1 heterocycles. The SMILES string of the molecule is CCCN(CC)CCNc1nccc2cc(OC)ccc12. The van der Waals surface area contributed by atoms with Crippen LogP contribution in [0, 0.1) is 0 Å². The zero-order valence-electron chi connectivity index (χ0n) is 13.2. The Bertz CT molecular complexity index is 571. The van der Waals surface area contributed by atoms with Crippen LogP contribution in [0.1, 0.15) is 20.3 Å². The second kappa shape index (κ2) is 7.84. The first-order valence-corrected chi connectivity index (χ1v) is 7.67. The van der Waals surface area contributed by atoms with Crippen LogP contribution in [-0.2, 0) is 0 Å². The third-order valence-electron chi connectivity index (χ3n) is 3.68. The Morgan fingerprint density at radius 3 is 2.76 bits per heavy atom. The van der Waals surface area contributed by atoms with Gasteiger partial charge in [-0.2, -0.15) is 0 Å². The Balaban J connectivity index is 2.05. The van der Waals surface area contributed by atoms with Crippen molar-refractivity contribution in [3.05, 3.63) is 30.5 Å². The summed E-state index contributed by atoms with van der Waals surface area (Å²) in [4.78, 5) is 6.91. The molecule has 0 unspecified atom stereocenters. The highest BCUT2D eigenvalue weighted by Gasteiger charge is 2.05. The molecule has 0 saturated heterocycles. The highest BCUT2D eigenvalue weighted by molar-refractivity contribution is 5.92. The number of hydrogen-bond acceptors (Lipinski definition) is 4. The molecule has 21 heavy (non-hydrogen) atoms. The summed E-state index contributed by atoms with van der Waals surface area (Å²) in [5.41, 5.74) is 0. The molecule has 0 bridgehead atoms. The molecule has 2 aromatic rings. The molecule has 1 N–H and O–H groups in total. The molecule has 0 radical (unpaired) electrons. The first-order chi connectivity index (χ1) is 10.3. The van der Waals surface area contributed by atoms with Gasteiger partial charge in [0.05, 0.1) is 7.11 Å². The summed E-state index contributed by atoms with van der Waals surface area (Å²) in [7, 11) is 1.69. The lowest BCUT2D eigenvalue weighted by atomic mass is 10.1. The van der Waals surface area contributed by atoms with E-state index in [1.54, 1.807) is 7.11 Å². The topological polar surface area (TPSA) is 37.4 Å². The minimum Gasteiger partial charge on any atom is -0.497 e. The molecular formula is C17H25N3O. The number of methoxy groups -OCH3 is 1. The summed E-state index contributed by atoms with van der Waals surface area (Å²) < 4.78 is 5.27.